The number of carbonyl (C=O) groups excluding carboxylic acids is 1. The van der Waals surface area contributed by atoms with Gasteiger partial charge in [-0.1, -0.05) is 18.2 Å². The second-order valence-corrected chi connectivity index (χ2v) is 6.38. The van der Waals surface area contributed by atoms with Gasteiger partial charge in [-0.15, -0.1) is 0 Å². The number of aliphatic hydroxyl groups is 1. The molecule has 0 spiro atoms. The number of nitrogens with zero attached hydrogens (tertiary/aromatic N) is 2. The number of carbonyl (C=O) groups is 1. The van der Waals surface area contributed by atoms with Gasteiger partial charge in [0.2, 0.25) is 0 Å². The Morgan fingerprint density at radius 3 is 2.72 bits per heavy atom. The molecular weight excluding hydrogens is 321 g/mol. The van der Waals surface area contributed by atoms with Crippen LogP contribution in [-0.2, 0) is 6.54 Å². The van der Waals surface area contributed by atoms with Crippen LogP contribution in [0.1, 0.15) is 35.8 Å². The molecule has 2 amide bonds. The lowest BCUT2D eigenvalue weighted by Crippen LogP contribution is -2.43. The predicted octanol–water partition coefficient (Wildman–Crippen LogP) is 2.94. The second-order valence-electron chi connectivity index (χ2n) is 6.38. The minimum atomic E-state index is -0.844. The summed E-state index contributed by atoms with van der Waals surface area (Å²) >= 11 is 0. The zero-order chi connectivity index (χ0) is 17.8. The van der Waals surface area contributed by atoms with Gasteiger partial charge in [-0.05, 0) is 49.1 Å². The number of aromatic nitrogens is 1. The van der Waals surface area contributed by atoms with Gasteiger partial charge in [0.15, 0.2) is 0 Å². The summed E-state index contributed by atoms with van der Waals surface area (Å²) in [5, 5.41) is 13.3. The number of urea groups is 1. The zero-order valence-electron chi connectivity index (χ0n) is 14.2. The van der Waals surface area contributed by atoms with Crippen LogP contribution < -0.4 is 5.32 Å². The van der Waals surface area contributed by atoms with Crippen molar-refractivity contribution < 1.29 is 14.3 Å². The van der Waals surface area contributed by atoms with E-state index in [0.29, 0.717) is 12.1 Å². The van der Waals surface area contributed by atoms with E-state index in [4.69, 9.17) is 0 Å². The van der Waals surface area contributed by atoms with E-state index in [0.717, 1.165) is 24.1 Å². The van der Waals surface area contributed by atoms with Crippen LogP contribution in [0.25, 0.3) is 0 Å². The maximum atomic E-state index is 13.0. The Hall–Kier alpha value is -2.47. The zero-order valence-corrected chi connectivity index (χ0v) is 14.2. The standard InChI is InChI=1S/C19H22FN3O2/c1-13-3-2-10-21-17(13)11-22-19(25)23(16-8-9-16)12-18(24)14-4-6-15(20)7-5-14/h2-7,10,16,18,24H,8-9,11-12H2,1H3,(H,22,25). The van der Waals surface area contributed by atoms with Gasteiger partial charge in [-0.2, -0.15) is 0 Å². The summed E-state index contributed by atoms with van der Waals surface area (Å²) in [6.45, 7) is 2.48. The van der Waals surface area contributed by atoms with E-state index in [2.05, 4.69) is 10.3 Å². The monoisotopic (exact) mass is 343 g/mol. The minimum absolute atomic E-state index is 0.153. The number of rotatable bonds is 6. The van der Waals surface area contributed by atoms with Crippen LogP contribution in [0.15, 0.2) is 42.6 Å². The van der Waals surface area contributed by atoms with E-state index >= 15 is 0 Å². The SMILES string of the molecule is Cc1cccnc1CNC(=O)N(CC(O)c1ccc(F)cc1)C1CC1. The maximum Gasteiger partial charge on any atom is 0.318 e. The van der Waals surface area contributed by atoms with Crippen molar-refractivity contribution in [3.8, 4) is 0 Å². The van der Waals surface area contributed by atoms with Crippen LogP contribution in [0.3, 0.4) is 0 Å². The normalized spacial score (nSPS) is 14.8. The van der Waals surface area contributed by atoms with Gasteiger partial charge in [0.1, 0.15) is 5.82 Å². The number of halogens is 1. The molecule has 6 heteroatoms. The van der Waals surface area contributed by atoms with Crippen LogP contribution in [0.4, 0.5) is 9.18 Å². The van der Waals surface area contributed by atoms with Gasteiger partial charge in [-0.3, -0.25) is 4.98 Å². The molecule has 0 bridgehead atoms. The third kappa shape index (κ3) is 4.54. The molecule has 1 saturated carbocycles. The van der Waals surface area contributed by atoms with E-state index in [1.165, 1.54) is 12.1 Å². The molecule has 0 radical (unpaired) electrons. The first-order valence-electron chi connectivity index (χ1n) is 8.43. The number of amides is 2. The third-order valence-corrected chi connectivity index (χ3v) is 4.40. The first-order valence-corrected chi connectivity index (χ1v) is 8.43. The Bertz CT molecular complexity index is 732. The Labute approximate surface area is 146 Å². The lowest BCUT2D eigenvalue weighted by Gasteiger charge is -2.26. The quantitative estimate of drug-likeness (QED) is 0.847. The molecule has 0 saturated heterocycles. The highest BCUT2D eigenvalue weighted by atomic mass is 19.1. The number of hydrogen-bond acceptors (Lipinski definition) is 3. The van der Waals surface area contributed by atoms with E-state index in [9.17, 15) is 14.3 Å². The van der Waals surface area contributed by atoms with E-state index in [1.807, 2.05) is 19.1 Å². The van der Waals surface area contributed by atoms with Gasteiger partial charge >= 0.3 is 6.03 Å². The van der Waals surface area contributed by atoms with Gasteiger partial charge in [0.25, 0.3) is 0 Å². The molecule has 1 fully saturated rings. The van der Waals surface area contributed by atoms with Gasteiger partial charge in [-0.25, -0.2) is 9.18 Å². The summed E-state index contributed by atoms with van der Waals surface area (Å²) in [7, 11) is 0. The maximum absolute atomic E-state index is 13.0. The largest absolute Gasteiger partial charge is 0.387 e. The molecule has 0 aliphatic heterocycles. The van der Waals surface area contributed by atoms with Crippen molar-refractivity contribution in [2.24, 2.45) is 0 Å². The molecular formula is C19H22FN3O2. The van der Waals surface area contributed by atoms with Crippen LogP contribution in [-0.4, -0.2) is 33.6 Å². The second kappa shape index (κ2) is 7.61. The molecule has 2 N–H and O–H groups in total. The highest BCUT2D eigenvalue weighted by Crippen LogP contribution is 2.29. The number of hydrogen-bond donors (Lipinski definition) is 2. The van der Waals surface area contributed by atoms with Crippen LogP contribution >= 0.6 is 0 Å². The summed E-state index contributed by atoms with van der Waals surface area (Å²) in [5.74, 6) is -0.349. The number of benzene rings is 1. The Balaban J connectivity index is 1.61. The first-order chi connectivity index (χ1) is 12.0. The van der Waals surface area contributed by atoms with Gasteiger partial charge < -0.3 is 15.3 Å². The third-order valence-electron chi connectivity index (χ3n) is 4.40. The van der Waals surface area contributed by atoms with Crippen molar-refractivity contribution in [2.45, 2.75) is 38.5 Å². The molecule has 25 heavy (non-hydrogen) atoms. The highest BCUT2D eigenvalue weighted by Gasteiger charge is 2.34. The number of aliphatic hydroxyl groups excluding tert-OH is 1. The van der Waals surface area contributed by atoms with E-state index in [1.54, 1.807) is 23.2 Å². The van der Waals surface area contributed by atoms with Crippen molar-refractivity contribution in [1.82, 2.24) is 15.2 Å². The molecule has 1 aliphatic carbocycles. The molecule has 1 heterocycles. The van der Waals surface area contributed by atoms with Crippen molar-refractivity contribution >= 4 is 6.03 Å². The summed E-state index contributed by atoms with van der Waals surface area (Å²) in [6.07, 6.45) is 2.73. The first kappa shape index (κ1) is 17.4. The average Bonchev–Trinajstić information content (AvgIpc) is 3.44. The van der Waals surface area contributed by atoms with Crippen LogP contribution in [0.2, 0.25) is 0 Å². The molecule has 1 aromatic carbocycles. The minimum Gasteiger partial charge on any atom is -0.387 e. The number of pyridine rings is 1. The highest BCUT2D eigenvalue weighted by molar-refractivity contribution is 5.75. The molecule has 132 valence electrons. The van der Waals surface area contributed by atoms with Crippen molar-refractivity contribution in [3.63, 3.8) is 0 Å². The number of aryl methyl sites for hydroxylation is 1. The van der Waals surface area contributed by atoms with E-state index < -0.39 is 6.10 Å². The molecule has 1 aromatic heterocycles. The number of nitrogens with one attached hydrogen (secondary N) is 1. The average molecular weight is 343 g/mol. The summed E-state index contributed by atoms with van der Waals surface area (Å²) in [6, 6.07) is 9.45. The van der Waals surface area contributed by atoms with Gasteiger partial charge in [0, 0.05) is 12.2 Å². The van der Waals surface area contributed by atoms with Crippen molar-refractivity contribution in [2.75, 3.05) is 6.54 Å². The van der Waals surface area contributed by atoms with Gasteiger partial charge in [0.05, 0.1) is 24.9 Å². The molecule has 1 aliphatic rings. The molecule has 2 aromatic rings. The fraction of sp³-hybridized carbons (Fsp3) is 0.368. The topological polar surface area (TPSA) is 65.5 Å². The fourth-order valence-corrected chi connectivity index (χ4v) is 2.72. The lowest BCUT2D eigenvalue weighted by atomic mass is 10.1. The van der Waals surface area contributed by atoms with Crippen molar-refractivity contribution in [3.05, 3.63) is 65.2 Å². The Kier molecular flexibility index (Phi) is 5.28. The summed E-state index contributed by atoms with van der Waals surface area (Å²) < 4.78 is 13.0. The molecule has 1 atom stereocenters. The molecule has 1 unspecified atom stereocenters. The Morgan fingerprint density at radius 1 is 1.36 bits per heavy atom. The lowest BCUT2D eigenvalue weighted by molar-refractivity contribution is 0.117. The van der Waals surface area contributed by atoms with Crippen LogP contribution in [0, 0.1) is 12.7 Å². The predicted molar refractivity (Wildman–Crippen MR) is 92.3 cm³/mol. The molecule has 5 nitrogen and oxygen atoms in total. The molecule has 3 rings (SSSR count). The smallest absolute Gasteiger partial charge is 0.318 e. The van der Waals surface area contributed by atoms with E-state index in [-0.39, 0.29) is 24.4 Å². The van der Waals surface area contributed by atoms with Crippen molar-refractivity contribution in [1.29, 1.82) is 0 Å². The Morgan fingerprint density at radius 2 is 2.08 bits per heavy atom. The summed E-state index contributed by atoms with van der Waals surface area (Å²) in [5.41, 5.74) is 2.44. The fourth-order valence-electron chi connectivity index (χ4n) is 2.72. The summed E-state index contributed by atoms with van der Waals surface area (Å²) in [4.78, 5) is 18.5. The van der Waals surface area contributed by atoms with Crippen LogP contribution in [0.5, 0.6) is 0 Å².